The van der Waals surface area contributed by atoms with E-state index >= 15 is 0 Å². The van der Waals surface area contributed by atoms with Crippen LogP contribution in [0.25, 0.3) is 0 Å². The van der Waals surface area contributed by atoms with Gasteiger partial charge >= 0.3 is 6.09 Å². The largest absolute Gasteiger partial charge is 0.444 e. The van der Waals surface area contributed by atoms with Gasteiger partial charge in [0.2, 0.25) is 5.95 Å². The first kappa shape index (κ1) is 108. The Bertz CT molecular complexity index is 5800. The van der Waals surface area contributed by atoms with E-state index in [0.717, 1.165) is 91.7 Å². The van der Waals surface area contributed by atoms with E-state index in [-0.39, 0.29) is 30.0 Å². The Morgan fingerprint density at radius 3 is 1.19 bits per heavy atom. The van der Waals surface area contributed by atoms with Crippen molar-refractivity contribution >= 4 is 456 Å². The molecule has 6 bridgehead atoms. The third-order valence-corrected chi connectivity index (χ3v) is 107. The second kappa shape index (κ2) is 65.6. The molecule has 1 amide bonds. The summed E-state index contributed by atoms with van der Waals surface area (Å²) in [5.41, 5.74) is 7.98. The summed E-state index contributed by atoms with van der Waals surface area (Å²) in [5, 5.41) is 7.02. The smallest absolute Gasteiger partial charge is 0.410 e. The van der Waals surface area contributed by atoms with Crippen LogP contribution in [0.15, 0.2) is 36.8 Å². The van der Waals surface area contributed by atoms with Crippen molar-refractivity contribution in [2.45, 2.75) is 148 Å². The second-order valence-corrected chi connectivity index (χ2v) is 104. The fraction of sp³-hybridized carbons (Fsp3) is 0.608. The van der Waals surface area contributed by atoms with Gasteiger partial charge in [0.15, 0.2) is 0 Å². The van der Waals surface area contributed by atoms with Gasteiger partial charge in [-0.25, -0.2) is 19.7 Å². The number of piperazine rings is 3. The SMILES string of the molecule is C#Cc1cnc(N2CC3CCC(C2)N3C2COC2)c(C)c1.CC(C)(C)OC(=O)N1C2CCC1CNC2.Cc1cc(C#C[Si](C)(C)C)cnc1N1CC2CCC(C1)N2.Cc1cc(I)cnc1F.Cl.S=S=S=S=S=S=S=S=S=S=S=S=S=S=S=S=S=S=S=S=S=S=S=S=S=S=S=S=S=S=S=S=S=S=S=S=S=S=S=S=S=S=S=S. The Labute approximate surface area is 802 Å². The normalized spacial score (nSPS) is 18.2. The number of hydrogen-bond donors (Lipinski definition) is 2. The van der Waals surface area contributed by atoms with Crippen LogP contribution in [0.1, 0.15) is 87.1 Å². The number of halogens is 3. The minimum absolute atomic E-state index is 0. The van der Waals surface area contributed by atoms with Gasteiger partial charge in [0.25, 0.3) is 0 Å². The minimum Gasteiger partial charge on any atom is -0.444 e. The number of fused-ring (bicyclic) bond motifs is 6. The van der Waals surface area contributed by atoms with E-state index in [1.165, 1.54) is 60.8 Å². The van der Waals surface area contributed by atoms with E-state index in [1.807, 2.05) is 287 Å². The standard InChI is InChI=1S/C17H21N3O.C17H25N3Si.C11H20N2O2.C6H5FIN.ClH.S44/c1-3-13-6-12(2)17(18-7-13)19-8-14-4-5-15(9-19)20(14)16-10-21-11-16;1-13-9-14(7-8-21(2,3)4)10-18-17(13)20-11-15-5-6-16(12-20)19-15;1-11(2,3)15-10(14)13-8-4-5-9(13)7-12-6-8;1-4-2-5(8)3-9-6(4)7;;1-3-5-7-9-11-13-15-17-19-21-23-25-27-29-31-33-35-37-39-41-43-44-42-40-38-36-34-32-30-28-26-24-22-20-18-16-14-12-10-8-6-4-2/h1,6-7,14-16H,4-5,8-11H2,2H3;9-10,15-16,19H,5-6,11-12H2,1-4H3;8-9,12H,4-7H2,1-3H3;2-3H,1H3;1H;. The molecule has 0 spiro atoms. The summed E-state index contributed by atoms with van der Waals surface area (Å²) in [6.45, 7) is 26.5. The maximum atomic E-state index is 12.4. The van der Waals surface area contributed by atoms with Gasteiger partial charge in [0.1, 0.15) is 25.3 Å². The van der Waals surface area contributed by atoms with E-state index < -0.39 is 8.07 Å². The highest BCUT2D eigenvalue weighted by molar-refractivity contribution is 14.1. The number of carbonyl (C=O) groups excluding carboxylic acids is 1. The molecule has 111 heavy (non-hydrogen) atoms. The average molecular weight is 2480 g/mol. The zero-order valence-corrected chi connectivity index (χ0v) is 98.9. The van der Waals surface area contributed by atoms with Crippen molar-refractivity contribution in [3.8, 4) is 23.8 Å². The Balaban J connectivity index is 0.000000272. The maximum absolute atomic E-state index is 12.4. The molecule has 12 nitrogen and oxygen atoms in total. The van der Waals surface area contributed by atoms with E-state index in [0.29, 0.717) is 47.9 Å². The van der Waals surface area contributed by atoms with Gasteiger partial charge in [-0.15, -0.1) is 24.4 Å². The number of ether oxygens (including phenoxy) is 2. The first-order valence-corrected chi connectivity index (χ1v) is 93.0. The number of pyridine rings is 3. The van der Waals surface area contributed by atoms with Gasteiger partial charge in [-0.1, -0.05) is 31.5 Å². The Morgan fingerprint density at radius 2 is 0.874 bits per heavy atom. The molecule has 3 aromatic heterocycles. The second-order valence-electron chi connectivity index (χ2n) is 23.9. The van der Waals surface area contributed by atoms with Gasteiger partial charge < -0.3 is 29.9 Å². The lowest BCUT2D eigenvalue weighted by Gasteiger charge is -2.48. The van der Waals surface area contributed by atoms with Crippen molar-refractivity contribution in [3.63, 3.8) is 0 Å². The van der Waals surface area contributed by atoms with E-state index in [9.17, 15) is 9.18 Å². The number of carbonyl (C=O) groups is 1. The molecule has 7 aliphatic rings. The lowest BCUT2D eigenvalue weighted by atomic mass is 10.1. The molecule has 10 heterocycles. The van der Waals surface area contributed by atoms with Gasteiger partial charge in [-0.2, -0.15) is 4.39 Å². The molecule has 6 atom stereocenters. The first-order valence-electron chi connectivity index (χ1n) is 31.0. The molecule has 628 valence electrons. The molecule has 6 unspecified atom stereocenters. The molecule has 0 aliphatic carbocycles. The van der Waals surface area contributed by atoms with Crippen LogP contribution in [0.5, 0.6) is 0 Å². The summed E-state index contributed by atoms with van der Waals surface area (Å²) in [7, 11) is 73.4. The predicted octanol–water partition coefficient (Wildman–Crippen LogP) is 7.79. The molecule has 7 saturated heterocycles. The van der Waals surface area contributed by atoms with Crippen LogP contribution in [0.4, 0.5) is 20.8 Å². The van der Waals surface area contributed by atoms with Gasteiger partial charge in [-0.05, 0) is 132 Å². The first-order chi connectivity index (χ1) is 53.2. The number of rotatable bonds is 3. The van der Waals surface area contributed by atoms with Gasteiger partial charge in [-0.3, -0.25) is 9.80 Å². The van der Waals surface area contributed by atoms with Crippen LogP contribution in [0.2, 0.25) is 19.6 Å². The van der Waals surface area contributed by atoms with E-state index in [4.69, 9.17) is 43.3 Å². The summed E-state index contributed by atoms with van der Waals surface area (Å²) in [6.07, 6.45) is 18.0. The van der Waals surface area contributed by atoms with Crippen molar-refractivity contribution in [3.05, 3.63) is 74.1 Å². The topological polar surface area (TPSA) is 111 Å². The van der Waals surface area contributed by atoms with Crippen molar-refractivity contribution in [2.75, 3.05) is 62.3 Å². The number of aryl methyl sites for hydroxylation is 3. The number of nitrogens with one attached hydrogen (secondary N) is 2. The van der Waals surface area contributed by atoms with Gasteiger partial charge in [0, 0.05) is 510 Å². The van der Waals surface area contributed by atoms with E-state index in [1.54, 1.807) is 120 Å². The summed E-state index contributed by atoms with van der Waals surface area (Å²) in [4.78, 5) is 34.3. The number of amides is 1. The van der Waals surface area contributed by atoms with Crippen LogP contribution >= 0.6 is 35.0 Å². The Hall–Kier alpha value is 6.13. The van der Waals surface area contributed by atoms with Crippen LogP contribution in [-0.2, 0) is 405 Å². The molecule has 3 aromatic rings. The molecule has 7 aliphatic heterocycles. The quantitative estimate of drug-likeness (QED) is 0.115. The molecular weight excluding hydrogens is 2410 g/mol. The van der Waals surface area contributed by atoms with E-state index in [2.05, 4.69) is 121 Å². The lowest BCUT2D eigenvalue weighted by molar-refractivity contribution is -0.0850. The highest BCUT2D eigenvalue weighted by atomic mass is 127. The van der Waals surface area contributed by atoms with Crippen LogP contribution in [0.3, 0.4) is 0 Å². The molecule has 60 heteroatoms. The molecule has 0 radical (unpaired) electrons. The van der Waals surface area contributed by atoms with Crippen molar-refractivity contribution in [1.29, 1.82) is 0 Å². The highest BCUT2D eigenvalue weighted by Crippen LogP contribution is 2.36. The molecule has 0 aromatic carbocycles. The van der Waals surface area contributed by atoms with Crippen molar-refractivity contribution in [1.82, 2.24) is 35.4 Å². The third kappa shape index (κ3) is 47.7. The molecule has 10 rings (SSSR count). The minimum atomic E-state index is -1.32. The average Bonchev–Trinajstić information content (AvgIpc) is 1.66. The molecular formula is C51H72ClFIN9O3S44Si. The maximum Gasteiger partial charge on any atom is 0.410 e. The third-order valence-electron chi connectivity index (χ3n) is 14.4. The zero-order valence-electron chi connectivity index (χ0n) is 59.0. The van der Waals surface area contributed by atoms with Gasteiger partial charge in [0.05, 0.1) is 19.3 Å². The molecule has 7 fully saturated rings. The van der Waals surface area contributed by atoms with Crippen LogP contribution in [0, 0.1) is 54.1 Å². The summed E-state index contributed by atoms with van der Waals surface area (Å²) in [6, 6.07) is 9.98. The number of terminal acetylenes is 1. The number of nitrogens with zero attached hydrogens (tertiary/aromatic N) is 7. The summed E-state index contributed by atoms with van der Waals surface area (Å²) < 4.78 is 24.1. The fourth-order valence-corrected chi connectivity index (χ4v) is 122. The lowest BCUT2D eigenvalue weighted by Crippen LogP contribution is -2.62. The monoisotopic (exact) mass is 2470 g/mol. The number of anilines is 2. The van der Waals surface area contributed by atoms with Crippen LogP contribution < -0.4 is 20.4 Å². The zero-order chi connectivity index (χ0) is 79.0. The number of hydrogen-bond acceptors (Lipinski definition) is 13. The summed E-state index contributed by atoms with van der Waals surface area (Å²) >= 11 is 11.7. The predicted molar refractivity (Wildman–Crippen MR) is 604 cm³/mol. The summed E-state index contributed by atoms with van der Waals surface area (Å²) in [5.74, 6) is 7.84. The fourth-order valence-electron chi connectivity index (χ4n) is 10.6. The Morgan fingerprint density at radius 1 is 0.523 bits per heavy atom. The highest BCUT2D eigenvalue weighted by Gasteiger charge is 2.46. The number of aromatic nitrogens is 3. The Kier molecular flexibility index (Phi) is 63.7. The molecule has 0 saturated carbocycles. The van der Waals surface area contributed by atoms with Crippen molar-refractivity contribution in [2.24, 2.45) is 0 Å². The molecule has 2 N–H and O–H groups in total. The van der Waals surface area contributed by atoms with Crippen molar-refractivity contribution < 1.29 is 18.7 Å². The van der Waals surface area contributed by atoms with Crippen LogP contribution in [-0.4, -0.2) is 139 Å².